The third-order valence-electron chi connectivity index (χ3n) is 4.73. The van der Waals surface area contributed by atoms with Crippen LogP contribution in [0.15, 0.2) is 28.0 Å². The van der Waals surface area contributed by atoms with Crippen LogP contribution in [0.5, 0.6) is 0 Å². The van der Waals surface area contributed by atoms with E-state index in [0.29, 0.717) is 9.80 Å². The van der Waals surface area contributed by atoms with Crippen LogP contribution in [0, 0.1) is 5.92 Å². The average Bonchev–Trinajstić information content (AvgIpc) is 2.81. The van der Waals surface area contributed by atoms with Crippen LogP contribution in [-0.2, 0) is 6.42 Å². The maximum Gasteiger partial charge on any atom is 0.442 e. The van der Waals surface area contributed by atoms with Gasteiger partial charge in [-0.2, -0.15) is 13.2 Å². The largest absolute Gasteiger partial charge is 0.442 e. The summed E-state index contributed by atoms with van der Waals surface area (Å²) < 4.78 is 41.9. The van der Waals surface area contributed by atoms with E-state index in [1.165, 1.54) is 0 Å². The van der Waals surface area contributed by atoms with Gasteiger partial charge in [-0.25, -0.2) is 0 Å². The molecule has 0 amide bonds. The molecular formula is C17H20BrF3S. The highest BCUT2D eigenvalue weighted by Gasteiger charge is 2.56. The second kappa shape index (κ2) is 5.90. The summed E-state index contributed by atoms with van der Waals surface area (Å²) in [5, 5.41) is 0. The molecule has 0 bridgehead atoms. The Balaban J connectivity index is 2.10. The van der Waals surface area contributed by atoms with Gasteiger partial charge in [-0.15, -0.1) is 0 Å². The van der Waals surface area contributed by atoms with Crippen LogP contribution in [0.4, 0.5) is 13.2 Å². The Morgan fingerprint density at radius 1 is 1.18 bits per heavy atom. The molecule has 1 saturated carbocycles. The number of allylic oxidation sites excluding steroid dienone is 1. The second-order valence-corrected chi connectivity index (χ2v) is 11.5. The van der Waals surface area contributed by atoms with Crippen LogP contribution in [0.25, 0.3) is 6.08 Å². The Morgan fingerprint density at radius 2 is 1.86 bits per heavy atom. The molecular weight excluding hydrogens is 373 g/mol. The minimum atomic E-state index is -4.24. The van der Waals surface area contributed by atoms with Crippen LogP contribution in [0.2, 0.25) is 0 Å². The zero-order valence-electron chi connectivity index (χ0n) is 12.5. The van der Waals surface area contributed by atoms with Gasteiger partial charge >= 0.3 is 5.51 Å². The normalized spacial score (nSPS) is 28.9. The molecule has 1 heterocycles. The Labute approximate surface area is 138 Å². The van der Waals surface area contributed by atoms with Crippen molar-refractivity contribution in [3.63, 3.8) is 0 Å². The molecule has 0 aromatic heterocycles. The van der Waals surface area contributed by atoms with E-state index < -0.39 is 14.0 Å². The van der Waals surface area contributed by atoms with E-state index in [1.54, 1.807) is 6.07 Å². The lowest BCUT2D eigenvalue weighted by Crippen LogP contribution is -2.20. The summed E-state index contributed by atoms with van der Waals surface area (Å²) in [7, 11) is -3.07. The van der Waals surface area contributed by atoms with Crippen molar-refractivity contribution in [2.45, 2.75) is 55.9 Å². The summed E-state index contributed by atoms with van der Waals surface area (Å²) in [6.45, 7) is 2.03. The molecule has 0 saturated heterocycles. The van der Waals surface area contributed by atoms with Crippen LogP contribution < -0.4 is 0 Å². The van der Waals surface area contributed by atoms with Crippen molar-refractivity contribution in [3.05, 3.63) is 34.2 Å². The first kappa shape index (κ1) is 16.4. The van der Waals surface area contributed by atoms with Crippen molar-refractivity contribution in [1.29, 1.82) is 0 Å². The smallest absolute Gasteiger partial charge is 0.160 e. The molecule has 3 rings (SSSR count). The highest BCUT2D eigenvalue weighted by molar-refractivity contribution is 9.59. The first-order chi connectivity index (χ1) is 10.4. The van der Waals surface area contributed by atoms with E-state index in [1.807, 2.05) is 25.1 Å². The predicted octanol–water partition coefficient (Wildman–Crippen LogP) is 7.18. The molecule has 0 N–H and O–H groups in total. The fourth-order valence-corrected chi connectivity index (χ4v) is 7.95. The zero-order chi connectivity index (χ0) is 16.0. The first-order valence-electron chi connectivity index (χ1n) is 7.81. The first-order valence-corrected chi connectivity index (χ1v) is 11.3. The summed E-state index contributed by atoms with van der Waals surface area (Å²) in [5.41, 5.74) is -2.38. The molecule has 1 aromatic rings. The summed E-state index contributed by atoms with van der Waals surface area (Å²) in [5.74, 6) is 0.0715. The number of halogens is 4. The van der Waals surface area contributed by atoms with Crippen molar-refractivity contribution in [2.24, 2.45) is 5.92 Å². The topological polar surface area (TPSA) is 0 Å². The Morgan fingerprint density at radius 3 is 2.45 bits per heavy atom. The molecule has 1 unspecified atom stereocenters. The number of hydrogen-bond acceptors (Lipinski definition) is 0. The Kier molecular flexibility index (Phi) is 4.41. The summed E-state index contributed by atoms with van der Waals surface area (Å²) in [4.78, 5) is 1.04. The molecule has 5 heteroatoms. The van der Waals surface area contributed by atoms with Gasteiger partial charge in [-0.05, 0) is 76.6 Å². The molecule has 0 nitrogen and oxygen atoms in total. The zero-order valence-corrected chi connectivity index (χ0v) is 15.0. The Hall–Kier alpha value is -0.420. The van der Waals surface area contributed by atoms with E-state index in [4.69, 9.17) is 0 Å². The third kappa shape index (κ3) is 2.54. The van der Waals surface area contributed by atoms with Gasteiger partial charge in [0, 0.05) is 4.90 Å². The van der Waals surface area contributed by atoms with E-state index in [9.17, 15) is 13.2 Å². The molecule has 2 aliphatic rings. The highest BCUT2D eigenvalue weighted by atomic mass is 79.9. The predicted molar refractivity (Wildman–Crippen MR) is 91.2 cm³/mol. The number of hydrogen-bond donors (Lipinski definition) is 0. The van der Waals surface area contributed by atoms with Gasteiger partial charge in [0.2, 0.25) is 0 Å². The molecule has 1 fully saturated rings. The third-order valence-corrected chi connectivity index (χ3v) is 10.7. The summed E-state index contributed by atoms with van der Waals surface area (Å²) in [6, 6.07) is 5.46. The quantitative estimate of drug-likeness (QED) is 0.499. The van der Waals surface area contributed by atoms with E-state index >= 15 is 0 Å². The molecule has 0 spiro atoms. The van der Waals surface area contributed by atoms with Gasteiger partial charge in [0.05, 0.1) is 0 Å². The van der Waals surface area contributed by atoms with E-state index in [-0.39, 0.29) is 5.92 Å². The van der Waals surface area contributed by atoms with Crippen molar-refractivity contribution < 1.29 is 13.2 Å². The van der Waals surface area contributed by atoms with Gasteiger partial charge < -0.3 is 0 Å². The van der Waals surface area contributed by atoms with Crippen molar-refractivity contribution in [1.82, 2.24) is 0 Å². The van der Waals surface area contributed by atoms with E-state index in [2.05, 4.69) is 14.8 Å². The molecule has 1 aromatic carbocycles. The summed E-state index contributed by atoms with van der Waals surface area (Å²) >= 11 is 3.20. The van der Waals surface area contributed by atoms with Gasteiger partial charge in [0.15, 0.2) is 0 Å². The minimum Gasteiger partial charge on any atom is -0.160 e. The lowest BCUT2D eigenvalue weighted by Gasteiger charge is -2.39. The molecule has 22 heavy (non-hydrogen) atoms. The SMILES string of the molecule is CCc1ccc2c(c1)C=C(C1CCCCC1)S2(Br)C(F)(F)F. The van der Waals surface area contributed by atoms with Crippen LogP contribution >= 0.6 is 23.3 Å². The number of fused-ring (bicyclic) bond motifs is 1. The van der Waals surface area contributed by atoms with Crippen molar-refractivity contribution in [2.75, 3.05) is 0 Å². The van der Waals surface area contributed by atoms with Gasteiger partial charge in [0.1, 0.15) is 0 Å². The Bertz CT molecular complexity index is 602. The van der Waals surface area contributed by atoms with Gasteiger partial charge in [0.25, 0.3) is 0 Å². The number of aryl methyl sites for hydroxylation is 1. The number of benzene rings is 1. The van der Waals surface area contributed by atoms with Crippen molar-refractivity contribution in [3.8, 4) is 0 Å². The van der Waals surface area contributed by atoms with Crippen LogP contribution in [0.1, 0.15) is 50.2 Å². The molecule has 122 valence electrons. The maximum atomic E-state index is 14.0. The highest BCUT2D eigenvalue weighted by Crippen LogP contribution is 2.82. The summed E-state index contributed by atoms with van der Waals surface area (Å²) in [6.07, 6.45) is 7.68. The molecule has 1 aliphatic carbocycles. The van der Waals surface area contributed by atoms with Gasteiger partial charge in [-0.3, -0.25) is 0 Å². The second-order valence-electron chi connectivity index (χ2n) is 6.09. The maximum absolute atomic E-state index is 14.0. The number of rotatable bonds is 2. The lowest BCUT2D eigenvalue weighted by atomic mass is 9.88. The van der Waals surface area contributed by atoms with E-state index in [0.717, 1.165) is 49.7 Å². The standard InChI is InChI=1S/C17H20BrF3S/c1-2-12-8-9-15-14(10-12)11-16(13-6-4-3-5-7-13)22(15,18)17(19,20)21/h8-11,13H,2-7H2,1H3. The van der Waals surface area contributed by atoms with Crippen LogP contribution in [-0.4, -0.2) is 5.51 Å². The molecule has 0 radical (unpaired) electrons. The monoisotopic (exact) mass is 392 g/mol. The molecule has 1 aliphatic heterocycles. The lowest BCUT2D eigenvalue weighted by molar-refractivity contribution is -0.0357. The van der Waals surface area contributed by atoms with Crippen LogP contribution in [0.3, 0.4) is 0 Å². The average molecular weight is 393 g/mol. The van der Waals surface area contributed by atoms with Crippen molar-refractivity contribution >= 4 is 29.4 Å². The fourth-order valence-electron chi connectivity index (χ4n) is 3.54. The number of alkyl halides is 3. The fraction of sp³-hybridized carbons (Fsp3) is 0.529. The minimum absolute atomic E-state index is 0.0715. The van der Waals surface area contributed by atoms with Gasteiger partial charge in [-0.1, -0.05) is 38.3 Å². The molecule has 1 atom stereocenters.